The first-order chi connectivity index (χ1) is 19.9. The van der Waals surface area contributed by atoms with Crippen LogP contribution in [0, 0.1) is 5.92 Å². The van der Waals surface area contributed by atoms with Gasteiger partial charge in [-0.3, -0.25) is 14.4 Å². The number of likely N-dealkylation sites (tertiary alicyclic amines) is 1. The number of esters is 1. The molecule has 0 spiro atoms. The van der Waals surface area contributed by atoms with E-state index in [1.165, 1.54) is 17.6 Å². The van der Waals surface area contributed by atoms with Gasteiger partial charge in [0.2, 0.25) is 5.91 Å². The minimum Gasteiger partial charge on any atom is -0.489 e. The standard InChI is InChI=1S/C32H41N3O7/c1-32(2,3)42-31(39)34-16-14-22(15-17-34)18-21-8-10-23(11-9-21)20-41-27-7-5-6-24-25(27)19-35(30(24)38)26(29(33)37)12-13-28(36)40-4/h5-11,22,26H,12-20H2,1-4H3,(H2,33,37). The fourth-order valence-electron chi connectivity index (χ4n) is 5.43. The molecule has 2 aliphatic rings. The van der Waals surface area contributed by atoms with Gasteiger partial charge in [-0.2, -0.15) is 0 Å². The van der Waals surface area contributed by atoms with Crippen molar-refractivity contribution in [2.45, 2.75) is 77.7 Å². The van der Waals surface area contributed by atoms with Gasteiger partial charge in [0.15, 0.2) is 0 Å². The van der Waals surface area contributed by atoms with Crippen molar-refractivity contribution in [3.05, 3.63) is 64.7 Å². The number of hydrogen-bond donors (Lipinski definition) is 1. The zero-order valence-electron chi connectivity index (χ0n) is 24.9. The summed E-state index contributed by atoms with van der Waals surface area (Å²) in [6.45, 7) is 7.55. The number of carbonyl (C=O) groups excluding carboxylic acids is 4. The molecule has 2 aliphatic heterocycles. The third-order valence-corrected chi connectivity index (χ3v) is 7.71. The van der Waals surface area contributed by atoms with Crippen LogP contribution >= 0.6 is 0 Å². The van der Waals surface area contributed by atoms with E-state index in [2.05, 4.69) is 16.9 Å². The van der Waals surface area contributed by atoms with Crippen LogP contribution < -0.4 is 10.5 Å². The quantitative estimate of drug-likeness (QED) is 0.418. The Morgan fingerprint density at radius 2 is 1.69 bits per heavy atom. The Hall–Kier alpha value is -4.08. The highest BCUT2D eigenvalue weighted by Gasteiger charge is 2.37. The highest BCUT2D eigenvalue weighted by atomic mass is 16.6. The van der Waals surface area contributed by atoms with Crippen molar-refractivity contribution in [1.29, 1.82) is 0 Å². The monoisotopic (exact) mass is 579 g/mol. The van der Waals surface area contributed by atoms with Crippen LogP contribution in [0.1, 0.15) is 73.5 Å². The minimum atomic E-state index is -0.922. The van der Waals surface area contributed by atoms with Crippen molar-refractivity contribution in [3.8, 4) is 5.75 Å². The average molecular weight is 580 g/mol. The number of nitrogens with two attached hydrogens (primary N) is 1. The second-order valence-electron chi connectivity index (χ2n) is 12.0. The van der Waals surface area contributed by atoms with E-state index in [4.69, 9.17) is 15.2 Å². The molecular weight excluding hydrogens is 538 g/mol. The second-order valence-corrected chi connectivity index (χ2v) is 12.0. The van der Waals surface area contributed by atoms with Gasteiger partial charge in [-0.1, -0.05) is 30.3 Å². The first-order valence-electron chi connectivity index (χ1n) is 14.4. The summed E-state index contributed by atoms with van der Waals surface area (Å²) in [5, 5.41) is 0. The van der Waals surface area contributed by atoms with E-state index in [0.717, 1.165) is 24.8 Å². The van der Waals surface area contributed by atoms with Crippen molar-refractivity contribution in [2.24, 2.45) is 11.7 Å². The lowest BCUT2D eigenvalue weighted by atomic mass is 9.90. The molecular formula is C32H41N3O7. The van der Waals surface area contributed by atoms with Crippen LogP contribution in [0.5, 0.6) is 5.75 Å². The lowest BCUT2D eigenvalue weighted by molar-refractivity contribution is -0.141. The fraction of sp³-hybridized carbons (Fsp3) is 0.500. The number of amides is 3. The van der Waals surface area contributed by atoms with Crippen molar-refractivity contribution >= 4 is 23.9 Å². The Morgan fingerprint density at radius 3 is 2.31 bits per heavy atom. The van der Waals surface area contributed by atoms with Gasteiger partial charge >= 0.3 is 12.1 Å². The molecule has 0 aromatic heterocycles. The summed E-state index contributed by atoms with van der Waals surface area (Å²) >= 11 is 0. The third-order valence-electron chi connectivity index (χ3n) is 7.71. The molecule has 4 rings (SSSR count). The van der Waals surface area contributed by atoms with Crippen LogP contribution in [0.2, 0.25) is 0 Å². The summed E-state index contributed by atoms with van der Waals surface area (Å²) in [5.41, 5.74) is 8.48. The lowest BCUT2D eigenvalue weighted by Crippen LogP contribution is -2.45. The van der Waals surface area contributed by atoms with Crippen LogP contribution in [0.25, 0.3) is 0 Å². The van der Waals surface area contributed by atoms with Crippen LogP contribution in [-0.4, -0.2) is 65.5 Å². The van der Waals surface area contributed by atoms with Crippen LogP contribution in [-0.2, 0) is 38.6 Å². The molecule has 0 bridgehead atoms. The summed E-state index contributed by atoms with van der Waals surface area (Å²) in [6, 6.07) is 12.6. The van der Waals surface area contributed by atoms with Crippen LogP contribution in [0.15, 0.2) is 42.5 Å². The van der Waals surface area contributed by atoms with Crippen molar-refractivity contribution in [2.75, 3.05) is 20.2 Å². The molecule has 2 N–H and O–H groups in total. The molecule has 0 saturated carbocycles. The summed E-state index contributed by atoms with van der Waals surface area (Å²) in [6.07, 6.45) is 2.67. The Kier molecular flexibility index (Phi) is 9.75. The third kappa shape index (κ3) is 7.80. The number of fused-ring (bicyclic) bond motifs is 1. The Labute approximate surface area is 247 Å². The number of rotatable bonds is 10. The molecule has 226 valence electrons. The zero-order valence-corrected chi connectivity index (χ0v) is 24.9. The molecule has 0 aliphatic carbocycles. The van der Waals surface area contributed by atoms with E-state index in [0.29, 0.717) is 42.5 Å². The number of primary amides is 1. The summed E-state index contributed by atoms with van der Waals surface area (Å²) < 4.78 is 16.3. The number of carbonyl (C=O) groups is 4. The smallest absolute Gasteiger partial charge is 0.410 e. The van der Waals surface area contributed by atoms with E-state index < -0.39 is 23.5 Å². The summed E-state index contributed by atoms with van der Waals surface area (Å²) in [7, 11) is 1.27. The number of piperidine rings is 1. The average Bonchev–Trinajstić information content (AvgIpc) is 3.28. The van der Waals surface area contributed by atoms with Gasteiger partial charge in [-0.25, -0.2) is 4.79 Å². The van der Waals surface area contributed by atoms with E-state index in [9.17, 15) is 19.2 Å². The number of ether oxygens (including phenoxy) is 3. The highest BCUT2D eigenvalue weighted by molar-refractivity contribution is 6.01. The molecule has 42 heavy (non-hydrogen) atoms. The molecule has 1 saturated heterocycles. The predicted molar refractivity (Wildman–Crippen MR) is 156 cm³/mol. The van der Waals surface area contributed by atoms with E-state index in [-0.39, 0.29) is 31.4 Å². The van der Waals surface area contributed by atoms with Gasteiger partial charge in [0.25, 0.3) is 5.91 Å². The molecule has 1 atom stereocenters. The maximum atomic E-state index is 13.1. The second kappa shape index (κ2) is 13.3. The van der Waals surface area contributed by atoms with Gasteiger partial charge in [0.1, 0.15) is 24.0 Å². The Bertz CT molecular complexity index is 1290. The molecule has 2 aromatic rings. The Morgan fingerprint density at radius 1 is 1.02 bits per heavy atom. The molecule has 2 heterocycles. The van der Waals surface area contributed by atoms with E-state index in [1.807, 2.05) is 32.9 Å². The normalized spacial score (nSPS) is 16.1. The van der Waals surface area contributed by atoms with Crippen molar-refractivity contribution < 1.29 is 33.4 Å². The molecule has 10 heteroatoms. The molecule has 0 radical (unpaired) electrons. The topological polar surface area (TPSA) is 128 Å². The number of methoxy groups -OCH3 is 1. The molecule has 2 aromatic carbocycles. The lowest BCUT2D eigenvalue weighted by Gasteiger charge is -2.33. The van der Waals surface area contributed by atoms with Gasteiger partial charge in [-0.15, -0.1) is 0 Å². The zero-order chi connectivity index (χ0) is 30.4. The molecule has 1 fully saturated rings. The minimum absolute atomic E-state index is 0.0190. The van der Waals surface area contributed by atoms with Crippen LogP contribution in [0.4, 0.5) is 4.79 Å². The van der Waals surface area contributed by atoms with Crippen molar-refractivity contribution in [3.63, 3.8) is 0 Å². The number of hydrogen-bond acceptors (Lipinski definition) is 7. The summed E-state index contributed by atoms with van der Waals surface area (Å²) in [4.78, 5) is 52.4. The van der Waals surface area contributed by atoms with E-state index in [1.54, 1.807) is 23.1 Å². The summed E-state index contributed by atoms with van der Waals surface area (Å²) in [5.74, 6) is -0.374. The first kappa shape index (κ1) is 30.9. The molecule has 10 nitrogen and oxygen atoms in total. The number of nitrogens with zero attached hydrogens (tertiary/aromatic N) is 2. The SMILES string of the molecule is COC(=O)CCC(C(N)=O)N1Cc2c(OCc3ccc(CC4CCN(C(=O)OC(C)(C)C)CC4)cc3)cccc2C1=O. The maximum absolute atomic E-state index is 13.1. The molecule has 1 unspecified atom stereocenters. The first-order valence-corrected chi connectivity index (χ1v) is 14.4. The predicted octanol–water partition coefficient (Wildman–Crippen LogP) is 4.22. The largest absolute Gasteiger partial charge is 0.489 e. The van der Waals surface area contributed by atoms with Gasteiger partial charge in [-0.05, 0) is 75.6 Å². The van der Waals surface area contributed by atoms with Crippen LogP contribution in [0.3, 0.4) is 0 Å². The maximum Gasteiger partial charge on any atom is 0.410 e. The fourth-order valence-corrected chi connectivity index (χ4v) is 5.43. The van der Waals surface area contributed by atoms with Gasteiger partial charge in [0.05, 0.1) is 13.7 Å². The van der Waals surface area contributed by atoms with Gasteiger partial charge < -0.3 is 29.7 Å². The molecule has 3 amide bonds. The Balaban J connectivity index is 1.31. The number of benzene rings is 2. The van der Waals surface area contributed by atoms with Gasteiger partial charge in [0, 0.05) is 30.6 Å². The van der Waals surface area contributed by atoms with E-state index >= 15 is 0 Å². The van der Waals surface area contributed by atoms with Crippen molar-refractivity contribution in [1.82, 2.24) is 9.80 Å². The highest BCUT2D eigenvalue weighted by Crippen LogP contribution is 2.33.